The molecule has 4 rings (SSSR count). The van der Waals surface area contributed by atoms with Crippen molar-refractivity contribution in [1.29, 1.82) is 0 Å². The summed E-state index contributed by atoms with van der Waals surface area (Å²) in [5.74, 6) is 0.749. The number of aromatic nitrogens is 3. The van der Waals surface area contributed by atoms with E-state index in [0.29, 0.717) is 28.5 Å². The molecule has 0 aliphatic heterocycles. The van der Waals surface area contributed by atoms with Gasteiger partial charge in [-0.2, -0.15) is 0 Å². The number of carbonyl (C=O) groups excluding carboxylic acids is 1. The maximum Gasteiger partial charge on any atom is 0.278 e. The van der Waals surface area contributed by atoms with Gasteiger partial charge in [-0.3, -0.25) is 14.2 Å². The van der Waals surface area contributed by atoms with Crippen LogP contribution in [0.1, 0.15) is 16.3 Å². The summed E-state index contributed by atoms with van der Waals surface area (Å²) in [4.78, 5) is 34.1. The van der Waals surface area contributed by atoms with Crippen molar-refractivity contribution in [1.82, 2.24) is 19.9 Å². The molecule has 4 heterocycles. The van der Waals surface area contributed by atoms with Crippen LogP contribution in [0, 0.1) is 6.92 Å². The van der Waals surface area contributed by atoms with Gasteiger partial charge in [0.15, 0.2) is 5.16 Å². The highest BCUT2D eigenvalue weighted by atomic mass is 32.2. The third-order valence-corrected chi connectivity index (χ3v) is 6.25. The van der Waals surface area contributed by atoms with Crippen LogP contribution < -0.4 is 10.9 Å². The number of hydrogen-bond acceptors (Lipinski definition) is 6. The highest BCUT2D eigenvalue weighted by Crippen LogP contribution is 2.19. The number of hydrogen-bond donors (Lipinski definition) is 2. The number of aryl methyl sites for hydroxylation is 1. The molecule has 0 saturated carbocycles. The van der Waals surface area contributed by atoms with Crippen molar-refractivity contribution in [3.8, 4) is 0 Å². The van der Waals surface area contributed by atoms with Gasteiger partial charge in [0.1, 0.15) is 11.3 Å². The molecule has 9 heteroatoms. The smallest absolute Gasteiger partial charge is 0.278 e. The van der Waals surface area contributed by atoms with Crippen molar-refractivity contribution in [2.24, 2.45) is 0 Å². The number of carbonyl (C=O) groups is 1. The van der Waals surface area contributed by atoms with Crippen molar-refractivity contribution < 1.29 is 9.21 Å². The topological polar surface area (TPSA) is 92.9 Å². The molecule has 0 radical (unpaired) electrons. The van der Waals surface area contributed by atoms with Gasteiger partial charge in [0, 0.05) is 17.1 Å². The van der Waals surface area contributed by atoms with E-state index in [2.05, 4.69) is 21.4 Å². The number of fused-ring (bicyclic) bond motifs is 1. The Balaban J connectivity index is 1.49. The number of furan rings is 1. The molecule has 0 fully saturated rings. The fourth-order valence-electron chi connectivity index (χ4n) is 2.98. The van der Waals surface area contributed by atoms with E-state index in [-0.39, 0.29) is 23.8 Å². The third kappa shape index (κ3) is 4.63. The predicted molar refractivity (Wildman–Crippen MR) is 115 cm³/mol. The minimum Gasteiger partial charge on any atom is -0.467 e. The summed E-state index contributed by atoms with van der Waals surface area (Å²) in [5.41, 5.74) is 1.74. The lowest BCUT2D eigenvalue weighted by molar-refractivity contribution is -0.118. The van der Waals surface area contributed by atoms with Gasteiger partial charge in [-0.1, -0.05) is 17.8 Å². The monoisotopic (exact) mass is 428 g/mol. The number of thiophene rings is 1. The molecule has 2 N–H and O–H groups in total. The van der Waals surface area contributed by atoms with E-state index in [9.17, 15) is 9.59 Å². The molecule has 0 unspecified atom stereocenters. The third-order valence-electron chi connectivity index (χ3n) is 4.34. The normalized spacial score (nSPS) is 11.2. The molecule has 4 aromatic rings. The van der Waals surface area contributed by atoms with E-state index >= 15 is 0 Å². The molecule has 0 bridgehead atoms. The Bertz CT molecular complexity index is 1160. The molecule has 29 heavy (non-hydrogen) atoms. The van der Waals surface area contributed by atoms with E-state index in [4.69, 9.17) is 4.42 Å². The summed E-state index contributed by atoms with van der Waals surface area (Å²) >= 11 is 2.93. The minimum atomic E-state index is -0.180. The second-order valence-electron chi connectivity index (χ2n) is 6.55. The van der Waals surface area contributed by atoms with Gasteiger partial charge < -0.3 is 14.7 Å². The highest BCUT2D eigenvalue weighted by Gasteiger charge is 2.16. The van der Waals surface area contributed by atoms with Crippen molar-refractivity contribution in [3.05, 3.63) is 68.7 Å². The quantitative estimate of drug-likeness (QED) is 0.332. The zero-order chi connectivity index (χ0) is 20.2. The Labute approximate surface area is 175 Å². The lowest BCUT2D eigenvalue weighted by Crippen LogP contribution is -2.28. The van der Waals surface area contributed by atoms with Crippen LogP contribution in [0.5, 0.6) is 0 Å². The summed E-state index contributed by atoms with van der Waals surface area (Å²) in [6.07, 6.45) is 2.38. The average Bonchev–Trinajstić information content (AvgIpc) is 3.45. The second kappa shape index (κ2) is 8.71. The van der Waals surface area contributed by atoms with Crippen LogP contribution in [0.4, 0.5) is 0 Å². The molecule has 0 atom stereocenters. The number of nitrogens with zero attached hydrogens (tertiary/aromatic N) is 2. The lowest BCUT2D eigenvalue weighted by atomic mass is 10.3. The number of aromatic amines is 1. The Morgan fingerprint density at radius 1 is 1.38 bits per heavy atom. The molecule has 150 valence electrons. The molecular weight excluding hydrogens is 408 g/mol. The zero-order valence-corrected chi connectivity index (χ0v) is 17.4. The summed E-state index contributed by atoms with van der Waals surface area (Å²) in [7, 11) is 0. The Hall–Kier alpha value is -2.78. The standard InChI is InChI=1S/C20H20N4O3S2/c1-13-10-16-18(22-13)19(26)24(11-14-4-2-8-27-14)20(23-16)29-12-17(25)21-7-6-15-5-3-9-28-15/h2-5,8-10,22H,6-7,11-12H2,1H3,(H,21,25). The van der Waals surface area contributed by atoms with Crippen LogP contribution in [0.3, 0.4) is 0 Å². The molecule has 0 aromatic carbocycles. The van der Waals surface area contributed by atoms with Crippen molar-refractivity contribution >= 4 is 40.0 Å². The van der Waals surface area contributed by atoms with E-state index < -0.39 is 0 Å². The Kier molecular flexibility index (Phi) is 5.86. The van der Waals surface area contributed by atoms with E-state index in [1.165, 1.54) is 16.6 Å². The summed E-state index contributed by atoms with van der Waals surface area (Å²) < 4.78 is 6.94. The minimum absolute atomic E-state index is 0.0873. The fourth-order valence-corrected chi connectivity index (χ4v) is 4.52. The lowest BCUT2D eigenvalue weighted by Gasteiger charge is -2.11. The summed E-state index contributed by atoms with van der Waals surface area (Å²) in [6.45, 7) is 2.73. The van der Waals surface area contributed by atoms with Crippen LogP contribution in [-0.4, -0.2) is 32.7 Å². The number of H-pyrrole nitrogens is 1. The first-order chi connectivity index (χ1) is 14.1. The molecule has 1 amide bonds. The van der Waals surface area contributed by atoms with E-state index in [1.807, 2.05) is 30.5 Å². The Morgan fingerprint density at radius 3 is 3.03 bits per heavy atom. The van der Waals surface area contributed by atoms with Gasteiger partial charge >= 0.3 is 0 Å². The number of rotatable bonds is 8. The number of nitrogens with one attached hydrogen (secondary N) is 2. The fraction of sp³-hybridized carbons (Fsp3) is 0.250. The highest BCUT2D eigenvalue weighted by molar-refractivity contribution is 7.99. The van der Waals surface area contributed by atoms with Crippen LogP contribution in [-0.2, 0) is 17.8 Å². The van der Waals surface area contributed by atoms with E-state index in [1.54, 1.807) is 28.2 Å². The molecule has 0 saturated heterocycles. The van der Waals surface area contributed by atoms with Gasteiger partial charge in [0.25, 0.3) is 5.56 Å². The summed E-state index contributed by atoms with van der Waals surface area (Å²) in [6, 6.07) is 9.47. The molecule has 7 nitrogen and oxygen atoms in total. The first-order valence-electron chi connectivity index (χ1n) is 9.14. The number of amides is 1. The van der Waals surface area contributed by atoms with Crippen LogP contribution in [0.2, 0.25) is 0 Å². The van der Waals surface area contributed by atoms with Gasteiger partial charge in [-0.05, 0) is 43.0 Å². The van der Waals surface area contributed by atoms with Crippen LogP contribution in [0.15, 0.2) is 56.3 Å². The van der Waals surface area contributed by atoms with Crippen LogP contribution >= 0.6 is 23.1 Å². The van der Waals surface area contributed by atoms with Crippen LogP contribution in [0.25, 0.3) is 11.0 Å². The van der Waals surface area contributed by atoms with Gasteiger partial charge in [0.05, 0.1) is 24.1 Å². The average molecular weight is 429 g/mol. The number of thioether (sulfide) groups is 1. The van der Waals surface area contributed by atoms with Gasteiger partial charge in [0.2, 0.25) is 5.91 Å². The van der Waals surface area contributed by atoms with Crippen molar-refractivity contribution in [3.63, 3.8) is 0 Å². The first kappa shape index (κ1) is 19.5. The largest absolute Gasteiger partial charge is 0.467 e. The van der Waals surface area contributed by atoms with E-state index in [0.717, 1.165) is 12.1 Å². The molecule has 0 spiro atoms. The van der Waals surface area contributed by atoms with Crippen molar-refractivity contribution in [2.45, 2.75) is 25.0 Å². The maximum absolute atomic E-state index is 13.0. The molecular formula is C20H20N4O3S2. The molecule has 4 aromatic heterocycles. The second-order valence-corrected chi connectivity index (χ2v) is 8.52. The Morgan fingerprint density at radius 2 is 2.28 bits per heavy atom. The molecule has 0 aliphatic carbocycles. The maximum atomic E-state index is 13.0. The van der Waals surface area contributed by atoms with Gasteiger partial charge in [-0.25, -0.2) is 4.98 Å². The van der Waals surface area contributed by atoms with Crippen molar-refractivity contribution in [2.75, 3.05) is 12.3 Å². The first-order valence-corrected chi connectivity index (χ1v) is 11.0. The van der Waals surface area contributed by atoms with Gasteiger partial charge in [-0.15, -0.1) is 11.3 Å². The zero-order valence-electron chi connectivity index (χ0n) is 15.8. The predicted octanol–water partition coefficient (Wildman–Crippen LogP) is 3.19. The molecule has 0 aliphatic rings. The summed E-state index contributed by atoms with van der Waals surface area (Å²) in [5, 5.41) is 5.43. The SMILES string of the molecule is Cc1cc2nc(SCC(=O)NCCc3cccs3)n(Cc3ccco3)c(=O)c2[nH]1.